The van der Waals surface area contributed by atoms with Crippen molar-refractivity contribution in [2.24, 2.45) is 0 Å². The van der Waals surface area contributed by atoms with Crippen molar-refractivity contribution in [2.75, 3.05) is 19.2 Å². The van der Waals surface area contributed by atoms with Gasteiger partial charge >= 0.3 is 0 Å². The maximum Gasteiger partial charge on any atom is 0.231 e. The molecule has 1 aliphatic rings. The van der Waals surface area contributed by atoms with Gasteiger partial charge in [-0.3, -0.25) is 0 Å². The predicted octanol–water partition coefficient (Wildman–Crippen LogP) is 3.83. The molecule has 0 fully saturated rings. The van der Waals surface area contributed by atoms with E-state index in [1.165, 1.54) is 19.2 Å². The first-order valence-electron chi connectivity index (χ1n) is 6.33. The third-order valence-corrected chi connectivity index (χ3v) is 3.41. The van der Waals surface area contributed by atoms with Crippen molar-refractivity contribution in [2.45, 2.75) is 6.54 Å². The first-order chi connectivity index (χ1) is 10.2. The first kappa shape index (κ1) is 13.8. The number of anilines is 1. The van der Waals surface area contributed by atoms with Crippen molar-refractivity contribution < 1.29 is 18.6 Å². The summed E-state index contributed by atoms with van der Waals surface area (Å²) in [6.07, 6.45) is 0. The topological polar surface area (TPSA) is 39.7 Å². The second-order valence-electron chi connectivity index (χ2n) is 4.51. The van der Waals surface area contributed by atoms with Crippen molar-refractivity contribution in [3.8, 4) is 17.2 Å². The molecule has 3 rings (SSSR count). The first-order valence-corrected chi connectivity index (χ1v) is 6.70. The van der Waals surface area contributed by atoms with Crippen LogP contribution in [0.3, 0.4) is 0 Å². The number of hydrogen-bond donors (Lipinski definition) is 1. The molecular formula is C15H13ClFNO3. The van der Waals surface area contributed by atoms with Crippen molar-refractivity contribution in [1.29, 1.82) is 0 Å². The van der Waals surface area contributed by atoms with Crippen LogP contribution in [0.2, 0.25) is 5.02 Å². The van der Waals surface area contributed by atoms with Gasteiger partial charge in [-0.25, -0.2) is 4.39 Å². The lowest BCUT2D eigenvalue weighted by Crippen LogP contribution is -2.02. The number of hydrogen-bond acceptors (Lipinski definition) is 4. The molecule has 0 bridgehead atoms. The van der Waals surface area contributed by atoms with Crippen molar-refractivity contribution >= 4 is 17.3 Å². The van der Waals surface area contributed by atoms with Crippen molar-refractivity contribution in [3.63, 3.8) is 0 Å². The van der Waals surface area contributed by atoms with Gasteiger partial charge in [0.25, 0.3) is 0 Å². The Kier molecular flexibility index (Phi) is 3.75. The monoisotopic (exact) mass is 309 g/mol. The molecule has 0 atom stereocenters. The number of methoxy groups -OCH3 is 1. The number of nitrogens with one attached hydrogen (secondary N) is 1. The van der Waals surface area contributed by atoms with E-state index < -0.39 is 0 Å². The number of ether oxygens (including phenoxy) is 3. The van der Waals surface area contributed by atoms with Crippen LogP contribution in [0.5, 0.6) is 17.2 Å². The SMILES string of the molecule is COc1cc(F)ccc1NCc1cc(Cl)c2c(c1)OCO2. The van der Waals surface area contributed by atoms with E-state index in [0.29, 0.717) is 34.5 Å². The lowest BCUT2D eigenvalue weighted by Gasteiger charge is -2.12. The maximum atomic E-state index is 13.1. The molecule has 6 heteroatoms. The smallest absolute Gasteiger partial charge is 0.231 e. The molecule has 1 aliphatic heterocycles. The van der Waals surface area contributed by atoms with Gasteiger partial charge in [0.2, 0.25) is 6.79 Å². The Balaban J connectivity index is 1.78. The molecule has 0 aromatic heterocycles. The van der Waals surface area contributed by atoms with E-state index in [1.807, 2.05) is 6.07 Å². The molecule has 4 nitrogen and oxygen atoms in total. The summed E-state index contributed by atoms with van der Waals surface area (Å²) in [6, 6.07) is 7.99. The third kappa shape index (κ3) is 2.83. The molecule has 21 heavy (non-hydrogen) atoms. The van der Waals surface area contributed by atoms with Crippen LogP contribution in [-0.4, -0.2) is 13.9 Å². The summed E-state index contributed by atoms with van der Waals surface area (Å²) in [5, 5.41) is 3.69. The molecule has 2 aromatic carbocycles. The fourth-order valence-electron chi connectivity index (χ4n) is 2.13. The highest BCUT2D eigenvalue weighted by Gasteiger charge is 2.18. The summed E-state index contributed by atoms with van der Waals surface area (Å²) < 4.78 is 28.9. The highest BCUT2D eigenvalue weighted by molar-refractivity contribution is 6.32. The van der Waals surface area contributed by atoms with Gasteiger partial charge in [-0.1, -0.05) is 11.6 Å². The molecule has 1 N–H and O–H groups in total. The number of rotatable bonds is 4. The van der Waals surface area contributed by atoms with Gasteiger partial charge in [-0.05, 0) is 29.8 Å². The minimum Gasteiger partial charge on any atom is -0.494 e. The minimum atomic E-state index is -0.344. The lowest BCUT2D eigenvalue weighted by atomic mass is 10.2. The summed E-state index contributed by atoms with van der Waals surface area (Å²) in [6.45, 7) is 0.677. The van der Waals surface area contributed by atoms with E-state index in [9.17, 15) is 4.39 Å². The Morgan fingerprint density at radius 1 is 1.29 bits per heavy atom. The van der Waals surface area contributed by atoms with Crippen LogP contribution >= 0.6 is 11.6 Å². The number of benzene rings is 2. The standard InChI is InChI=1S/C15H13ClFNO3/c1-19-13-6-10(17)2-3-12(13)18-7-9-4-11(16)15-14(5-9)20-8-21-15/h2-6,18H,7-8H2,1H3. The second kappa shape index (κ2) is 5.69. The second-order valence-corrected chi connectivity index (χ2v) is 4.92. The normalized spacial score (nSPS) is 12.3. The summed E-state index contributed by atoms with van der Waals surface area (Å²) in [5.41, 5.74) is 1.63. The summed E-state index contributed by atoms with van der Waals surface area (Å²) in [5.74, 6) is 1.30. The van der Waals surface area contributed by atoms with Gasteiger partial charge in [-0.15, -0.1) is 0 Å². The van der Waals surface area contributed by atoms with Gasteiger partial charge in [-0.2, -0.15) is 0 Å². The van der Waals surface area contributed by atoms with E-state index in [4.69, 9.17) is 25.8 Å². The van der Waals surface area contributed by atoms with Crippen molar-refractivity contribution in [3.05, 3.63) is 46.7 Å². The van der Waals surface area contributed by atoms with Crippen LogP contribution in [0.1, 0.15) is 5.56 Å². The van der Waals surface area contributed by atoms with Crippen LogP contribution in [0.4, 0.5) is 10.1 Å². The number of halogens is 2. The molecule has 2 aromatic rings. The van der Waals surface area contributed by atoms with Crippen LogP contribution in [0.25, 0.3) is 0 Å². The van der Waals surface area contributed by atoms with E-state index in [0.717, 1.165) is 5.56 Å². The largest absolute Gasteiger partial charge is 0.494 e. The van der Waals surface area contributed by atoms with E-state index >= 15 is 0 Å². The average Bonchev–Trinajstić information content (AvgIpc) is 2.94. The summed E-state index contributed by atoms with van der Waals surface area (Å²) >= 11 is 6.13. The minimum absolute atomic E-state index is 0.178. The Hall–Kier alpha value is -2.14. The van der Waals surface area contributed by atoms with Gasteiger partial charge in [0, 0.05) is 12.6 Å². The van der Waals surface area contributed by atoms with E-state index in [1.54, 1.807) is 12.1 Å². The average molecular weight is 310 g/mol. The predicted molar refractivity (Wildman–Crippen MR) is 77.9 cm³/mol. The Morgan fingerprint density at radius 3 is 2.95 bits per heavy atom. The zero-order valence-corrected chi connectivity index (χ0v) is 12.0. The zero-order chi connectivity index (χ0) is 14.8. The third-order valence-electron chi connectivity index (χ3n) is 3.13. The molecule has 1 heterocycles. The Labute approximate surface area is 126 Å². The Bertz CT molecular complexity index is 678. The quantitative estimate of drug-likeness (QED) is 0.932. The summed E-state index contributed by atoms with van der Waals surface area (Å²) in [7, 11) is 1.50. The molecule has 110 valence electrons. The molecule has 0 spiro atoms. The fourth-order valence-corrected chi connectivity index (χ4v) is 2.42. The Morgan fingerprint density at radius 2 is 2.14 bits per heavy atom. The zero-order valence-electron chi connectivity index (χ0n) is 11.3. The van der Waals surface area contributed by atoms with E-state index in [-0.39, 0.29) is 12.6 Å². The lowest BCUT2D eigenvalue weighted by molar-refractivity contribution is 0.174. The number of fused-ring (bicyclic) bond motifs is 1. The van der Waals surface area contributed by atoms with Gasteiger partial charge in [0.05, 0.1) is 17.8 Å². The molecular weight excluding hydrogens is 297 g/mol. The van der Waals surface area contributed by atoms with Crippen molar-refractivity contribution in [1.82, 2.24) is 0 Å². The molecule has 0 amide bonds. The molecule has 0 radical (unpaired) electrons. The van der Waals surface area contributed by atoms with Gasteiger partial charge < -0.3 is 19.5 Å². The van der Waals surface area contributed by atoms with Gasteiger partial charge in [0.1, 0.15) is 11.6 Å². The molecule has 0 saturated heterocycles. The summed E-state index contributed by atoms with van der Waals surface area (Å²) in [4.78, 5) is 0. The van der Waals surface area contributed by atoms with Gasteiger partial charge in [0.15, 0.2) is 11.5 Å². The van der Waals surface area contributed by atoms with Crippen LogP contribution in [0.15, 0.2) is 30.3 Å². The van der Waals surface area contributed by atoms with Crippen LogP contribution < -0.4 is 19.5 Å². The van der Waals surface area contributed by atoms with Crippen LogP contribution in [-0.2, 0) is 6.54 Å². The fraction of sp³-hybridized carbons (Fsp3) is 0.200. The van der Waals surface area contributed by atoms with E-state index in [2.05, 4.69) is 5.32 Å². The maximum absolute atomic E-state index is 13.1. The molecule has 0 aliphatic carbocycles. The molecule has 0 unspecified atom stereocenters. The van der Waals surface area contributed by atoms with Crippen LogP contribution in [0, 0.1) is 5.82 Å². The highest BCUT2D eigenvalue weighted by atomic mass is 35.5. The highest BCUT2D eigenvalue weighted by Crippen LogP contribution is 2.40. The molecule has 0 saturated carbocycles.